The van der Waals surface area contributed by atoms with Crippen molar-refractivity contribution in [3.63, 3.8) is 0 Å². The third kappa shape index (κ3) is 11.7. The van der Waals surface area contributed by atoms with Crippen LogP contribution in [-0.4, -0.2) is 43.4 Å². The molecule has 6 heteroatoms. The average molecular weight is 450 g/mol. The van der Waals surface area contributed by atoms with E-state index in [2.05, 4.69) is 72.9 Å². The summed E-state index contributed by atoms with van der Waals surface area (Å²) >= 11 is 1.87. The van der Waals surface area contributed by atoms with Gasteiger partial charge in [-0.3, -0.25) is 4.99 Å². The lowest BCUT2D eigenvalue weighted by molar-refractivity contribution is 0.428. The first kappa shape index (κ1) is 22.5. The molecule has 1 aromatic rings. The van der Waals surface area contributed by atoms with Gasteiger partial charge in [0, 0.05) is 42.4 Å². The van der Waals surface area contributed by atoms with E-state index in [-0.39, 0.29) is 29.5 Å². The van der Waals surface area contributed by atoms with Crippen molar-refractivity contribution >= 4 is 41.7 Å². The summed E-state index contributed by atoms with van der Waals surface area (Å²) in [5.74, 6) is 0.858. The molecular weight excluding hydrogens is 419 g/mol. The van der Waals surface area contributed by atoms with E-state index in [4.69, 9.17) is 0 Å². The van der Waals surface area contributed by atoms with Gasteiger partial charge in [-0.1, -0.05) is 25.1 Å². The SMILES string of the molecule is CN=C(NCCNC(C)(C)C)NCC(C)Sc1ccccc1.I. The zero-order valence-corrected chi connectivity index (χ0v) is 18.0. The Morgan fingerprint density at radius 2 is 1.78 bits per heavy atom. The number of halogens is 1. The van der Waals surface area contributed by atoms with E-state index in [1.807, 2.05) is 24.9 Å². The molecule has 4 nitrogen and oxygen atoms in total. The highest BCUT2D eigenvalue weighted by atomic mass is 127. The Morgan fingerprint density at radius 1 is 1.13 bits per heavy atom. The van der Waals surface area contributed by atoms with Gasteiger partial charge in [0.05, 0.1) is 0 Å². The van der Waals surface area contributed by atoms with Gasteiger partial charge in [0.25, 0.3) is 0 Å². The maximum Gasteiger partial charge on any atom is 0.191 e. The van der Waals surface area contributed by atoms with Gasteiger partial charge in [-0.25, -0.2) is 0 Å². The second-order valence-corrected chi connectivity index (χ2v) is 7.81. The van der Waals surface area contributed by atoms with E-state index in [1.165, 1.54) is 4.90 Å². The van der Waals surface area contributed by atoms with E-state index in [0.717, 1.165) is 25.6 Å². The second kappa shape index (κ2) is 12.0. The number of nitrogens with one attached hydrogen (secondary N) is 3. The summed E-state index contributed by atoms with van der Waals surface area (Å²) in [7, 11) is 1.81. The molecule has 132 valence electrons. The minimum Gasteiger partial charge on any atom is -0.355 e. The molecular formula is C17H31IN4S. The number of aliphatic imine (C=N–C) groups is 1. The topological polar surface area (TPSA) is 48.5 Å². The van der Waals surface area contributed by atoms with Crippen molar-refractivity contribution < 1.29 is 0 Å². The lowest BCUT2D eigenvalue weighted by Gasteiger charge is -2.21. The Hall–Kier alpha value is -0.470. The van der Waals surface area contributed by atoms with E-state index in [1.54, 1.807) is 0 Å². The summed E-state index contributed by atoms with van der Waals surface area (Å²) < 4.78 is 0. The molecule has 0 bridgehead atoms. The molecule has 0 aliphatic rings. The Morgan fingerprint density at radius 3 is 2.35 bits per heavy atom. The first-order valence-electron chi connectivity index (χ1n) is 7.82. The number of hydrogen-bond acceptors (Lipinski definition) is 3. The molecule has 3 N–H and O–H groups in total. The summed E-state index contributed by atoms with van der Waals surface area (Å²) in [6.07, 6.45) is 0. The molecule has 1 rings (SSSR count). The summed E-state index contributed by atoms with van der Waals surface area (Å²) in [6, 6.07) is 10.5. The van der Waals surface area contributed by atoms with Crippen molar-refractivity contribution in [2.24, 2.45) is 4.99 Å². The summed E-state index contributed by atoms with van der Waals surface area (Å²) in [6.45, 7) is 11.4. The first-order chi connectivity index (χ1) is 10.4. The lowest BCUT2D eigenvalue weighted by Crippen LogP contribution is -2.45. The van der Waals surface area contributed by atoms with Crippen LogP contribution in [0.15, 0.2) is 40.2 Å². The molecule has 0 radical (unpaired) electrons. The van der Waals surface area contributed by atoms with E-state index < -0.39 is 0 Å². The molecule has 1 unspecified atom stereocenters. The maximum absolute atomic E-state index is 4.26. The van der Waals surface area contributed by atoms with Crippen LogP contribution in [0.25, 0.3) is 0 Å². The number of benzene rings is 1. The maximum atomic E-state index is 4.26. The van der Waals surface area contributed by atoms with E-state index in [9.17, 15) is 0 Å². The normalized spacial score (nSPS) is 13.2. The van der Waals surface area contributed by atoms with Crippen molar-refractivity contribution in [2.45, 2.75) is 43.4 Å². The quantitative estimate of drug-likeness (QED) is 0.196. The number of rotatable bonds is 7. The van der Waals surface area contributed by atoms with Gasteiger partial charge >= 0.3 is 0 Å². The van der Waals surface area contributed by atoms with Crippen molar-refractivity contribution in [3.8, 4) is 0 Å². The van der Waals surface area contributed by atoms with Crippen LogP contribution in [0, 0.1) is 0 Å². The minimum absolute atomic E-state index is 0. The molecule has 1 aromatic carbocycles. The standard InChI is InChI=1S/C17H30N4S.HI/c1-14(22-15-9-7-6-8-10-15)13-20-16(18-5)19-11-12-21-17(2,3)4;/h6-10,14,21H,11-13H2,1-5H3,(H2,18,19,20);1H. The molecule has 0 aromatic heterocycles. The fourth-order valence-electron chi connectivity index (χ4n) is 1.85. The molecule has 0 saturated carbocycles. The molecule has 0 spiro atoms. The summed E-state index contributed by atoms with van der Waals surface area (Å²) in [5, 5.41) is 10.6. The number of guanidine groups is 1. The zero-order chi connectivity index (χ0) is 16.4. The predicted octanol–water partition coefficient (Wildman–Crippen LogP) is 3.34. The van der Waals surface area contributed by atoms with Crippen molar-refractivity contribution in [1.29, 1.82) is 0 Å². The highest BCUT2D eigenvalue weighted by Gasteiger charge is 2.08. The monoisotopic (exact) mass is 450 g/mol. The highest BCUT2D eigenvalue weighted by molar-refractivity contribution is 14.0. The predicted molar refractivity (Wildman–Crippen MR) is 114 cm³/mol. The van der Waals surface area contributed by atoms with Crippen LogP contribution >= 0.6 is 35.7 Å². The fraction of sp³-hybridized carbons (Fsp3) is 0.588. The van der Waals surface area contributed by atoms with Gasteiger partial charge in [-0.2, -0.15) is 0 Å². The molecule has 0 fully saturated rings. The fourth-order valence-corrected chi connectivity index (χ4v) is 2.80. The third-order valence-electron chi connectivity index (χ3n) is 2.93. The van der Waals surface area contributed by atoms with Gasteiger partial charge in [0.2, 0.25) is 0 Å². The molecule has 0 saturated heterocycles. The summed E-state index contributed by atoms with van der Waals surface area (Å²) in [5.41, 5.74) is 0.152. The van der Waals surface area contributed by atoms with Crippen LogP contribution in [0.2, 0.25) is 0 Å². The van der Waals surface area contributed by atoms with Crippen LogP contribution in [0.3, 0.4) is 0 Å². The second-order valence-electron chi connectivity index (χ2n) is 6.30. The lowest BCUT2D eigenvalue weighted by atomic mass is 10.1. The molecule has 0 amide bonds. The van der Waals surface area contributed by atoms with Crippen molar-refractivity contribution in [1.82, 2.24) is 16.0 Å². The van der Waals surface area contributed by atoms with Gasteiger partial charge in [-0.15, -0.1) is 35.7 Å². The van der Waals surface area contributed by atoms with Crippen molar-refractivity contribution in [2.75, 3.05) is 26.7 Å². The Bertz CT molecular complexity index is 446. The van der Waals surface area contributed by atoms with Crippen molar-refractivity contribution in [3.05, 3.63) is 30.3 Å². The van der Waals surface area contributed by atoms with Crippen LogP contribution in [0.4, 0.5) is 0 Å². The van der Waals surface area contributed by atoms with Crippen LogP contribution < -0.4 is 16.0 Å². The van der Waals surface area contributed by atoms with Gasteiger partial charge in [-0.05, 0) is 32.9 Å². The molecule has 1 atom stereocenters. The van der Waals surface area contributed by atoms with Gasteiger partial charge in [0.15, 0.2) is 5.96 Å². The number of thioether (sulfide) groups is 1. The minimum atomic E-state index is 0. The average Bonchev–Trinajstić information content (AvgIpc) is 2.46. The Kier molecular flexibility index (Phi) is 11.7. The zero-order valence-electron chi connectivity index (χ0n) is 14.8. The molecule has 0 heterocycles. The molecule has 23 heavy (non-hydrogen) atoms. The Labute approximate surface area is 162 Å². The first-order valence-corrected chi connectivity index (χ1v) is 8.70. The van der Waals surface area contributed by atoms with E-state index in [0.29, 0.717) is 5.25 Å². The smallest absolute Gasteiger partial charge is 0.191 e. The molecule has 0 aliphatic heterocycles. The molecule has 0 aliphatic carbocycles. The third-order valence-corrected chi connectivity index (χ3v) is 4.05. The summed E-state index contributed by atoms with van der Waals surface area (Å²) in [4.78, 5) is 5.56. The number of nitrogens with zero attached hydrogens (tertiary/aromatic N) is 1. The number of hydrogen-bond donors (Lipinski definition) is 3. The van der Waals surface area contributed by atoms with Crippen LogP contribution in [0.5, 0.6) is 0 Å². The van der Waals surface area contributed by atoms with Gasteiger partial charge < -0.3 is 16.0 Å². The van der Waals surface area contributed by atoms with Crippen LogP contribution in [-0.2, 0) is 0 Å². The Balaban J connectivity index is 0.00000484. The van der Waals surface area contributed by atoms with Gasteiger partial charge in [0.1, 0.15) is 0 Å². The highest BCUT2D eigenvalue weighted by Crippen LogP contribution is 2.21. The largest absolute Gasteiger partial charge is 0.355 e. The van der Waals surface area contributed by atoms with E-state index >= 15 is 0 Å². The van der Waals surface area contributed by atoms with Crippen LogP contribution in [0.1, 0.15) is 27.7 Å².